The predicted octanol–water partition coefficient (Wildman–Crippen LogP) is 2.39. The number of benzene rings is 1. The molecule has 0 fully saturated rings. The first kappa shape index (κ1) is 14.5. The van der Waals surface area contributed by atoms with E-state index in [9.17, 15) is 13.2 Å². The molecule has 0 radical (unpaired) electrons. The Labute approximate surface area is 113 Å². The van der Waals surface area contributed by atoms with Gasteiger partial charge in [0.1, 0.15) is 5.75 Å². The van der Waals surface area contributed by atoms with Crippen LogP contribution in [-0.4, -0.2) is 26.3 Å². The van der Waals surface area contributed by atoms with E-state index in [-0.39, 0.29) is 0 Å². The molecule has 0 saturated carbocycles. The molecule has 94 valence electrons. The number of hydrogen-bond acceptors (Lipinski definition) is 3. The summed E-state index contributed by atoms with van der Waals surface area (Å²) in [7, 11) is -3.33. The summed E-state index contributed by atoms with van der Waals surface area (Å²) in [4.78, 5) is 11.4. The highest BCUT2D eigenvalue weighted by atomic mass is 79.9. The van der Waals surface area contributed by atoms with E-state index in [2.05, 4.69) is 21.2 Å². The van der Waals surface area contributed by atoms with Crippen LogP contribution in [0.5, 0.6) is 0 Å². The number of nitrogens with one attached hydrogen (secondary N) is 1. The molecule has 17 heavy (non-hydrogen) atoms. The van der Waals surface area contributed by atoms with Crippen LogP contribution in [0.4, 0.5) is 5.69 Å². The Hall–Kier alpha value is -0.590. The average molecular weight is 341 g/mol. The maximum Gasteiger partial charge on any atom is 0.239 e. The van der Waals surface area contributed by atoms with Gasteiger partial charge in [-0.2, -0.15) is 0 Å². The number of amides is 1. The minimum absolute atomic E-state index is 0.453. The normalized spacial score (nSPS) is 11.3. The van der Waals surface area contributed by atoms with E-state index in [4.69, 9.17) is 11.6 Å². The quantitative estimate of drug-likeness (QED) is 0.919. The Bertz CT molecular complexity index is 557. The Morgan fingerprint density at radius 2 is 2.06 bits per heavy atom. The van der Waals surface area contributed by atoms with Crippen LogP contribution in [0, 0.1) is 6.92 Å². The van der Waals surface area contributed by atoms with Crippen molar-refractivity contribution >= 4 is 49.0 Å². The summed E-state index contributed by atoms with van der Waals surface area (Å²) in [5.41, 5.74) is 1.31. The number of carbonyl (C=O) groups is 1. The molecule has 0 aliphatic heterocycles. The molecule has 1 aromatic carbocycles. The number of rotatable bonds is 3. The molecule has 1 N–H and O–H groups in total. The highest BCUT2D eigenvalue weighted by molar-refractivity contribution is 9.10. The summed E-state index contributed by atoms with van der Waals surface area (Å²) < 4.78 is 22.5. The number of anilines is 1. The van der Waals surface area contributed by atoms with E-state index in [1.807, 2.05) is 6.92 Å². The third-order valence-electron chi connectivity index (χ3n) is 1.92. The third-order valence-corrected chi connectivity index (χ3v) is 3.77. The van der Waals surface area contributed by atoms with Crippen molar-refractivity contribution in [3.8, 4) is 0 Å². The Balaban J connectivity index is 2.89. The molecular weight excluding hydrogens is 330 g/mol. The second kappa shape index (κ2) is 5.37. The summed E-state index contributed by atoms with van der Waals surface area (Å²) in [6, 6.07) is 3.32. The van der Waals surface area contributed by atoms with Crippen molar-refractivity contribution < 1.29 is 13.2 Å². The van der Waals surface area contributed by atoms with Crippen molar-refractivity contribution in [1.82, 2.24) is 0 Å². The van der Waals surface area contributed by atoms with Gasteiger partial charge >= 0.3 is 0 Å². The van der Waals surface area contributed by atoms with Crippen LogP contribution in [0.15, 0.2) is 16.6 Å². The number of aryl methyl sites for hydroxylation is 1. The first-order chi connectivity index (χ1) is 7.69. The topological polar surface area (TPSA) is 63.2 Å². The SMILES string of the molecule is Cc1cc(Br)c(NC(=O)CS(C)(=O)=O)cc1Cl. The average Bonchev–Trinajstić information content (AvgIpc) is 2.11. The van der Waals surface area contributed by atoms with Crippen molar-refractivity contribution in [1.29, 1.82) is 0 Å². The van der Waals surface area contributed by atoms with Gasteiger partial charge in [-0.3, -0.25) is 4.79 Å². The maximum absolute atomic E-state index is 11.4. The third kappa shape index (κ3) is 4.65. The zero-order chi connectivity index (χ0) is 13.2. The molecule has 0 aliphatic rings. The van der Waals surface area contributed by atoms with Gasteiger partial charge in [0.2, 0.25) is 5.91 Å². The zero-order valence-electron chi connectivity index (χ0n) is 9.25. The van der Waals surface area contributed by atoms with Gasteiger partial charge in [0.05, 0.1) is 5.69 Å². The van der Waals surface area contributed by atoms with Crippen molar-refractivity contribution in [2.75, 3.05) is 17.3 Å². The molecule has 0 bridgehead atoms. The van der Waals surface area contributed by atoms with Crippen molar-refractivity contribution in [3.63, 3.8) is 0 Å². The van der Waals surface area contributed by atoms with Gasteiger partial charge in [-0.05, 0) is 40.5 Å². The molecule has 1 aromatic rings. The van der Waals surface area contributed by atoms with Gasteiger partial charge in [-0.15, -0.1) is 0 Å². The second-order valence-corrected chi connectivity index (χ2v) is 7.10. The standard InChI is InChI=1S/C10H11BrClNO3S/c1-6-3-7(11)9(4-8(6)12)13-10(14)5-17(2,15)16/h3-4H,5H2,1-2H3,(H,13,14). The highest BCUT2D eigenvalue weighted by Gasteiger charge is 2.13. The molecule has 0 aliphatic carbocycles. The van der Waals surface area contributed by atoms with Crippen LogP contribution in [0.3, 0.4) is 0 Å². The van der Waals surface area contributed by atoms with Gasteiger partial charge in [0, 0.05) is 15.8 Å². The van der Waals surface area contributed by atoms with Gasteiger partial charge in [0.25, 0.3) is 0 Å². The van der Waals surface area contributed by atoms with E-state index < -0.39 is 21.5 Å². The van der Waals surface area contributed by atoms with Gasteiger partial charge in [-0.25, -0.2) is 8.42 Å². The Kier molecular flexibility index (Phi) is 4.57. The summed E-state index contributed by atoms with van der Waals surface area (Å²) in [6.45, 7) is 1.83. The molecule has 0 saturated heterocycles. The molecular formula is C10H11BrClNO3S. The largest absolute Gasteiger partial charge is 0.324 e. The van der Waals surface area contributed by atoms with Crippen LogP contribution in [-0.2, 0) is 14.6 Å². The van der Waals surface area contributed by atoms with Crippen molar-refractivity contribution in [2.24, 2.45) is 0 Å². The van der Waals surface area contributed by atoms with Crippen LogP contribution in [0.25, 0.3) is 0 Å². The summed E-state index contributed by atoms with van der Waals surface area (Å²) in [6.07, 6.45) is 1.00. The minimum atomic E-state index is -3.33. The molecule has 0 spiro atoms. The summed E-state index contributed by atoms with van der Waals surface area (Å²) >= 11 is 9.18. The first-order valence-electron chi connectivity index (χ1n) is 4.62. The smallest absolute Gasteiger partial charge is 0.239 e. The number of carbonyl (C=O) groups excluding carboxylic acids is 1. The Morgan fingerprint density at radius 3 is 2.59 bits per heavy atom. The van der Waals surface area contributed by atoms with Crippen LogP contribution in [0.1, 0.15) is 5.56 Å². The highest BCUT2D eigenvalue weighted by Crippen LogP contribution is 2.29. The van der Waals surface area contributed by atoms with Crippen LogP contribution in [0.2, 0.25) is 5.02 Å². The van der Waals surface area contributed by atoms with Crippen molar-refractivity contribution in [3.05, 3.63) is 27.2 Å². The summed E-state index contributed by atoms with van der Waals surface area (Å²) in [5.74, 6) is -1.14. The molecule has 0 aromatic heterocycles. The maximum atomic E-state index is 11.4. The molecule has 7 heteroatoms. The minimum Gasteiger partial charge on any atom is -0.324 e. The van der Waals surface area contributed by atoms with E-state index >= 15 is 0 Å². The van der Waals surface area contributed by atoms with Gasteiger partial charge in [-0.1, -0.05) is 11.6 Å². The molecule has 0 heterocycles. The summed E-state index contributed by atoms with van der Waals surface area (Å²) in [5, 5.41) is 2.99. The van der Waals surface area contributed by atoms with E-state index in [1.165, 1.54) is 0 Å². The lowest BCUT2D eigenvalue weighted by Crippen LogP contribution is -2.22. The van der Waals surface area contributed by atoms with E-state index in [1.54, 1.807) is 12.1 Å². The predicted molar refractivity (Wildman–Crippen MR) is 72.2 cm³/mol. The lowest BCUT2D eigenvalue weighted by Gasteiger charge is -2.09. The molecule has 1 rings (SSSR count). The van der Waals surface area contributed by atoms with Crippen LogP contribution < -0.4 is 5.32 Å². The lowest BCUT2D eigenvalue weighted by atomic mass is 10.2. The molecule has 1 amide bonds. The molecule has 0 unspecified atom stereocenters. The van der Waals surface area contributed by atoms with E-state index in [0.717, 1.165) is 11.8 Å². The number of hydrogen-bond donors (Lipinski definition) is 1. The second-order valence-electron chi connectivity index (χ2n) is 3.70. The fourth-order valence-corrected chi connectivity index (χ4v) is 2.44. The van der Waals surface area contributed by atoms with Gasteiger partial charge in [0.15, 0.2) is 9.84 Å². The van der Waals surface area contributed by atoms with Gasteiger partial charge < -0.3 is 5.32 Å². The van der Waals surface area contributed by atoms with Crippen LogP contribution >= 0.6 is 27.5 Å². The molecule has 4 nitrogen and oxygen atoms in total. The lowest BCUT2D eigenvalue weighted by molar-refractivity contribution is -0.113. The first-order valence-corrected chi connectivity index (χ1v) is 7.85. The zero-order valence-corrected chi connectivity index (χ0v) is 12.4. The number of sulfone groups is 1. The molecule has 0 atom stereocenters. The Morgan fingerprint density at radius 1 is 1.47 bits per heavy atom. The fourth-order valence-electron chi connectivity index (χ4n) is 1.17. The van der Waals surface area contributed by atoms with E-state index in [0.29, 0.717) is 15.2 Å². The monoisotopic (exact) mass is 339 g/mol. The number of halogens is 2. The fraction of sp³-hybridized carbons (Fsp3) is 0.300. The van der Waals surface area contributed by atoms with Crippen molar-refractivity contribution in [2.45, 2.75) is 6.92 Å².